The van der Waals surface area contributed by atoms with Crippen LogP contribution >= 0.6 is 15.9 Å². The lowest BCUT2D eigenvalue weighted by atomic mass is 9.83. The molecule has 1 rings (SSSR count). The van der Waals surface area contributed by atoms with Crippen molar-refractivity contribution in [3.8, 4) is 0 Å². The van der Waals surface area contributed by atoms with Gasteiger partial charge in [0.1, 0.15) is 0 Å². The third-order valence-electron chi connectivity index (χ3n) is 3.04. The lowest BCUT2D eigenvalue weighted by molar-refractivity contribution is -0.125. The quantitative estimate of drug-likeness (QED) is 0.877. The summed E-state index contributed by atoms with van der Waals surface area (Å²) >= 11 is 3.41. The number of aliphatic hydroxyl groups is 1. The normalized spacial score (nSPS) is 13.2. The minimum atomic E-state index is -0.584. The predicted molar refractivity (Wildman–Crippen MR) is 76.4 cm³/mol. The van der Waals surface area contributed by atoms with E-state index < -0.39 is 5.41 Å². The van der Waals surface area contributed by atoms with Crippen molar-refractivity contribution in [3.05, 3.63) is 34.3 Å². The summed E-state index contributed by atoms with van der Waals surface area (Å²) in [6.07, 6.45) is 0. The third-order valence-corrected chi connectivity index (χ3v) is 3.53. The Kier molecular flexibility index (Phi) is 5.35. The van der Waals surface area contributed by atoms with Crippen molar-refractivity contribution in [1.29, 1.82) is 0 Å². The molecule has 0 radical (unpaired) electrons. The van der Waals surface area contributed by atoms with Crippen LogP contribution in [0.25, 0.3) is 0 Å². The van der Waals surface area contributed by atoms with Crippen molar-refractivity contribution >= 4 is 21.8 Å². The first-order valence-electron chi connectivity index (χ1n) is 6.03. The van der Waals surface area contributed by atoms with Gasteiger partial charge in [-0.3, -0.25) is 4.79 Å². The zero-order chi connectivity index (χ0) is 13.8. The molecule has 2 N–H and O–H groups in total. The molecule has 1 atom stereocenters. The van der Waals surface area contributed by atoms with Crippen molar-refractivity contribution in [1.82, 2.24) is 5.32 Å². The molecule has 18 heavy (non-hydrogen) atoms. The van der Waals surface area contributed by atoms with E-state index in [-0.39, 0.29) is 18.4 Å². The molecular formula is C14H20BrNO2. The fourth-order valence-electron chi connectivity index (χ4n) is 1.56. The molecule has 1 amide bonds. The number of amides is 1. The molecule has 0 bridgehead atoms. The van der Waals surface area contributed by atoms with Gasteiger partial charge in [0, 0.05) is 17.6 Å². The molecule has 3 nitrogen and oxygen atoms in total. The van der Waals surface area contributed by atoms with Gasteiger partial charge in [-0.05, 0) is 37.5 Å². The summed E-state index contributed by atoms with van der Waals surface area (Å²) < 4.78 is 0.963. The highest BCUT2D eigenvalue weighted by molar-refractivity contribution is 9.10. The first kappa shape index (κ1) is 15.2. The number of rotatable bonds is 5. The summed E-state index contributed by atoms with van der Waals surface area (Å²) in [4.78, 5) is 12.2. The van der Waals surface area contributed by atoms with Gasteiger partial charge in [-0.2, -0.15) is 0 Å². The Labute approximate surface area is 117 Å². The molecule has 0 heterocycles. The SMILES string of the molecule is CC(CO)CNC(=O)C(C)(C)c1cccc(Br)c1. The molecule has 1 unspecified atom stereocenters. The Morgan fingerprint density at radius 3 is 2.72 bits per heavy atom. The second-order valence-corrected chi connectivity index (χ2v) is 6.05. The van der Waals surface area contributed by atoms with Crippen LogP contribution < -0.4 is 5.32 Å². The van der Waals surface area contributed by atoms with Gasteiger partial charge in [-0.15, -0.1) is 0 Å². The molecule has 0 saturated carbocycles. The molecule has 0 aliphatic heterocycles. The fraction of sp³-hybridized carbons (Fsp3) is 0.500. The second kappa shape index (κ2) is 6.34. The minimum Gasteiger partial charge on any atom is -0.396 e. The lowest BCUT2D eigenvalue weighted by Gasteiger charge is -2.25. The minimum absolute atomic E-state index is 0.0269. The van der Waals surface area contributed by atoms with Crippen LogP contribution in [0.2, 0.25) is 0 Å². The number of nitrogens with one attached hydrogen (secondary N) is 1. The Bertz CT molecular complexity index is 418. The van der Waals surface area contributed by atoms with Crippen LogP contribution in [0.3, 0.4) is 0 Å². The summed E-state index contributed by atoms with van der Waals surface area (Å²) in [6, 6.07) is 7.75. The van der Waals surface area contributed by atoms with E-state index in [1.165, 1.54) is 0 Å². The molecular weight excluding hydrogens is 294 g/mol. The molecule has 0 aliphatic rings. The van der Waals surface area contributed by atoms with Crippen LogP contribution in [-0.2, 0) is 10.2 Å². The molecule has 1 aromatic carbocycles. The van der Waals surface area contributed by atoms with Crippen molar-refractivity contribution < 1.29 is 9.90 Å². The lowest BCUT2D eigenvalue weighted by Crippen LogP contribution is -2.42. The van der Waals surface area contributed by atoms with E-state index >= 15 is 0 Å². The van der Waals surface area contributed by atoms with E-state index in [1.807, 2.05) is 45.0 Å². The number of aliphatic hydroxyl groups excluding tert-OH is 1. The van der Waals surface area contributed by atoms with Gasteiger partial charge in [0.15, 0.2) is 0 Å². The third kappa shape index (κ3) is 3.82. The fourth-order valence-corrected chi connectivity index (χ4v) is 1.96. The number of hydrogen-bond donors (Lipinski definition) is 2. The summed E-state index contributed by atoms with van der Waals surface area (Å²) in [5, 5.41) is 11.8. The first-order valence-corrected chi connectivity index (χ1v) is 6.82. The molecule has 0 saturated heterocycles. The molecule has 0 fully saturated rings. The highest BCUT2D eigenvalue weighted by atomic mass is 79.9. The maximum Gasteiger partial charge on any atom is 0.230 e. The molecule has 0 aliphatic carbocycles. The van der Waals surface area contributed by atoms with Gasteiger partial charge in [-0.1, -0.05) is 35.0 Å². The monoisotopic (exact) mass is 313 g/mol. The van der Waals surface area contributed by atoms with E-state index in [9.17, 15) is 4.79 Å². The molecule has 1 aromatic rings. The van der Waals surface area contributed by atoms with E-state index in [0.29, 0.717) is 6.54 Å². The standard InChI is InChI=1S/C14H20BrNO2/c1-10(9-17)8-16-13(18)14(2,3)11-5-4-6-12(15)7-11/h4-7,10,17H,8-9H2,1-3H3,(H,16,18). The summed E-state index contributed by atoms with van der Waals surface area (Å²) in [5.41, 5.74) is 0.380. The average molecular weight is 314 g/mol. The van der Waals surface area contributed by atoms with Crippen molar-refractivity contribution in [2.75, 3.05) is 13.2 Å². The van der Waals surface area contributed by atoms with Crippen molar-refractivity contribution in [2.24, 2.45) is 5.92 Å². The molecule has 100 valence electrons. The van der Waals surface area contributed by atoms with Crippen LogP contribution in [0.4, 0.5) is 0 Å². The van der Waals surface area contributed by atoms with E-state index in [4.69, 9.17) is 5.11 Å². The molecule has 0 aromatic heterocycles. The van der Waals surface area contributed by atoms with Crippen molar-refractivity contribution in [2.45, 2.75) is 26.2 Å². The smallest absolute Gasteiger partial charge is 0.230 e. The van der Waals surface area contributed by atoms with Crippen LogP contribution in [0.1, 0.15) is 26.3 Å². The number of benzene rings is 1. The van der Waals surface area contributed by atoms with Crippen LogP contribution in [0, 0.1) is 5.92 Å². The van der Waals surface area contributed by atoms with Gasteiger partial charge in [0.05, 0.1) is 5.41 Å². The Morgan fingerprint density at radius 2 is 2.17 bits per heavy atom. The first-order chi connectivity index (χ1) is 8.37. The summed E-state index contributed by atoms with van der Waals surface area (Å²) in [6.45, 7) is 6.26. The van der Waals surface area contributed by atoms with Gasteiger partial charge in [0.25, 0.3) is 0 Å². The predicted octanol–water partition coefficient (Wildman–Crippen LogP) is 2.47. The highest BCUT2D eigenvalue weighted by Gasteiger charge is 2.29. The highest BCUT2D eigenvalue weighted by Crippen LogP contribution is 2.25. The average Bonchev–Trinajstić information content (AvgIpc) is 2.35. The number of halogens is 1. The number of hydrogen-bond acceptors (Lipinski definition) is 2. The van der Waals surface area contributed by atoms with Gasteiger partial charge in [-0.25, -0.2) is 0 Å². The number of carbonyl (C=O) groups is 1. The van der Waals surface area contributed by atoms with Crippen LogP contribution in [0.5, 0.6) is 0 Å². The van der Waals surface area contributed by atoms with Gasteiger partial charge in [0.2, 0.25) is 5.91 Å². The topological polar surface area (TPSA) is 49.3 Å². The maximum atomic E-state index is 12.2. The summed E-state index contributed by atoms with van der Waals surface area (Å²) in [5.74, 6) is 0.0492. The summed E-state index contributed by atoms with van der Waals surface area (Å²) in [7, 11) is 0. The van der Waals surface area contributed by atoms with Crippen molar-refractivity contribution in [3.63, 3.8) is 0 Å². The van der Waals surface area contributed by atoms with E-state index in [2.05, 4.69) is 21.2 Å². The molecule has 0 spiro atoms. The van der Waals surface area contributed by atoms with Gasteiger partial charge >= 0.3 is 0 Å². The Morgan fingerprint density at radius 1 is 1.50 bits per heavy atom. The largest absolute Gasteiger partial charge is 0.396 e. The Hall–Kier alpha value is -0.870. The maximum absolute atomic E-state index is 12.2. The van der Waals surface area contributed by atoms with Crippen LogP contribution in [0.15, 0.2) is 28.7 Å². The van der Waals surface area contributed by atoms with Gasteiger partial charge < -0.3 is 10.4 Å². The second-order valence-electron chi connectivity index (χ2n) is 5.13. The zero-order valence-electron chi connectivity index (χ0n) is 11.0. The van der Waals surface area contributed by atoms with Crippen LogP contribution in [-0.4, -0.2) is 24.2 Å². The van der Waals surface area contributed by atoms with E-state index in [0.717, 1.165) is 10.0 Å². The molecule has 4 heteroatoms. The number of carbonyl (C=O) groups excluding carboxylic acids is 1. The Balaban J connectivity index is 2.76. The van der Waals surface area contributed by atoms with E-state index in [1.54, 1.807) is 0 Å². The zero-order valence-corrected chi connectivity index (χ0v) is 12.6.